The molecule has 1 amide bonds. The molecule has 27 heavy (non-hydrogen) atoms. The maximum Gasteiger partial charge on any atom is 0.332 e. The van der Waals surface area contributed by atoms with E-state index in [9.17, 15) is 14.4 Å². The van der Waals surface area contributed by atoms with Crippen LogP contribution in [0, 0.1) is 0 Å². The summed E-state index contributed by atoms with van der Waals surface area (Å²) in [4.78, 5) is 45.3. The summed E-state index contributed by atoms with van der Waals surface area (Å²) in [5, 5.41) is 0. The zero-order valence-electron chi connectivity index (χ0n) is 15.9. The molecule has 2 aliphatic rings. The van der Waals surface area contributed by atoms with Crippen molar-refractivity contribution in [3.63, 3.8) is 0 Å². The number of nitrogens with zero attached hydrogens (tertiary/aromatic N) is 6. The van der Waals surface area contributed by atoms with Gasteiger partial charge >= 0.3 is 5.69 Å². The molecule has 0 spiro atoms. The van der Waals surface area contributed by atoms with Gasteiger partial charge in [0.2, 0.25) is 5.91 Å². The number of carbonyl (C=O) groups is 1. The van der Waals surface area contributed by atoms with Gasteiger partial charge in [0.25, 0.3) is 5.56 Å². The van der Waals surface area contributed by atoms with Gasteiger partial charge in [0.05, 0.1) is 6.33 Å². The average molecular weight is 374 g/mol. The third-order valence-corrected chi connectivity index (χ3v) is 5.91. The van der Waals surface area contributed by atoms with E-state index >= 15 is 0 Å². The molecular formula is C18H26N6O3. The first kappa shape index (κ1) is 18.0. The normalized spacial score (nSPS) is 21.5. The fourth-order valence-corrected chi connectivity index (χ4v) is 4.36. The quantitative estimate of drug-likeness (QED) is 0.722. The Hall–Kier alpha value is -2.42. The van der Waals surface area contributed by atoms with Crippen LogP contribution < -0.4 is 11.2 Å². The fraction of sp³-hybridized carbons (Fsp3) is 0.667. The summed E-state index contributed by atoms with van der Waals surface area (Å²) >= 11 is 0. The van der Waals surface area contributed by atoms with Crippen molar-refractivity contribution >= 4 is 17.1 Å². The van der Waals surface area contributed by atoms with E-state index in [4.69, 9.17) is 0 Å². The zero-order chi connectivity index (χ0) is 19.1. The summed E-state index contributed by atoms with van der Waals surface area (Å²) in [6.45, 7) is 4.19. The van der Waals surface area contributed by atoms with Crippen molar-refractivity contribution in [1.29, 1.82) is 0 Å². The van der Waals surface area contributed by atoms with Gasteiger partial charge in [-0.05, 0) is 25.8 Å². The van der Waals surface area contributed by atoms with Gasteiger partial charge in [0.15, 0.2) is 11.2 Å². The van der Waals surface area contributed by atoms with Gasteiger partial charge in [-0.15, -0.1) is 0 Å². The van der Waals surface area contributed by atoms with Crippen LogP contribution in [0.5, 0.6) is 0 Å². The van der Waals surface area contributed by atoms with E-state index in [2.05, 4.69) is 9.88 Å². The molecule has 1 atom stereocenters. The number of amides is 1. The number of imidazole rings is 1. The second kappa shape index (κ2) is 6.95. The smallest absolute Gasteiger partial charge is 0.332 e. The molecule has 0 aliphatic carbocycles. The van der Waals surface area contributed by atoms with E-state index in [1.807, 2.05) is 9.47 Å². The molecule has 2 saturated heterocycles. The Morgan fingerprint density at radius 1 is 1.07 bits per heavy atom. The lowest BCUT2D eigenvalue weighted by Gasteiger charge is -2.37. The molecule has 2 fully saturated rings. The summed E-state index contributed by atoms with van der Waals surface area (Å²) in [5.41, 5.74) is 0.196. The molecule has 0 N–H and O–H groups in total. The molecule has 146 valence electrons. The van der Waals surface area contributed by atoms with Crippen LogP contribution in [0.2, 0.25) is 0 Å². The minimum atomic E-state index is -0.369. The monoisotopic (exact) mass is 374 g/mol. The van der Waals surface area contributed by atoms with Crippen LogP contribution in [-0.4, -0.2) is 66.6 Å². The molecule has 0 bridgehead atoms. The van der Waals surface area contributed by atoms with E-state index in [0.29, 0.717) is 30.2 Å². The van der Waals surface area contributed by atoms with Crippen LogP contribution in [0.25, 0.3) is 11.2 Å². The highest BCUT2D eigenvalue weighted by molar-refractivity contribution is 5.78. The minimum absolute atomic E-state index is 0.284. The number of hydrogen-bond acceptors (Lipinski definition) is 5. The Labute approximate surface area is 156 Å². The summed E-state index contributed by atoms with van der Waals surface area (Å²) in [6.07, 6.45) is 5.43. The lowest BCUT2D eigenvalue weighted by molar-refractivity contribution is -0.130. The molecule has 2 aromatic rings. The molecule has 4 heterocycles. The highest BCUT2D eigenvalue weighted by Gasteiger charge is 2.31. The third-order valence-electron chi connectivity index (χ3n) is 5.91. The first-order valence-corrected chi connectivity index (χ1v) is 9.60. The second-order valence-electron chi connectivity index (χ2n) is 7.60. The largest absolute Gasteiger partial charge is 0.338 e. The van der Waals surface area contributed by atoms with E-state index in [0.717, 1.165) is 50.0 Å². The van der Waals surface area contributed by atoms with Crippen molar-refractivity contribution in [3.05, 3.63) is 27.2 Å². The number of piperidine rings is 1. The molecular weight excluding hydrogens is 348 g/mol. The van der Waals surface area contributed by atoms with E-state index < -0.39 is 0 Å². The Balaban J connectivity index is 1.50. The predicted molar refractivity (Wildman–Crippen MR) is 101 cm³/mol. The summed E-state index contributed by atoms with van der Waals surface area (Å²) in [6, 6.07) is 0.307. The number of aromatic nitrogens is 4. The second-order valence-corrected chi connectivity index (χ2v) is 7.60. The number of fused-ring (bicyclic) bond motifs is 1. The van der Waals surface area contributed by atoms with Crippen molar-refractivity contribution in [3.8, 4) is 0 Å². The number of rotatable bonds is 4. The van der Waals surface area contributed by atoms with E-state index in [-0.39, 0.29) is 17.2 Å². The molecule has 2 aliphatic heterocycles. The molecule has 0 saturated carbocycles. The number of carbonyl (C=O) groups excluding carboxylic acids is 1. The summed E-state index contributed by atoms with van der Waals surface area (Å²) in [7, 11) is 3.12. The van der Waals surface area contributed by atoms with Crippen LogP contribution in [0.1, 0.15) is 25.7 Å². The van der Waals surface area contributed by atoms with Crippen LogP contribution in [0.3, 0.4) is 0 Å². The highest BCUT2D eigenvalue weighted by atomic mass is 16.2. The first-order valence-electron chi connectivity index (χ1n) is 9.60. The first-order chi connectivity index (χ1) is 13.0. The third kappa shape index (κ3) is 3.09. The topological polar surface area (TPSA) is 85.4 Å². The number of aryl methyl sites for hydroxylation is 1. The molecule has 9 nitrogen and oxygen atoms in total. The summed E-state index contributed by atoms with van der Waals surface area (Å²) < 4.78 is 4.36. The van der Waals surface area contributed by atoms with Crippen LogP contribution in [0.15, 0.2) is 15.9 Å². The lowest BCUT2D eigenvalue weighted by Crippen LogP contribution is -2.49. The van der Waals surface area contributed by atoms with Crippen molar-refractivity contribution in [2.24, 2.45) is 14.1 Å². The molecule has 4 rings (SSSR count). The minimum Gasteiger partial charge on any atom is -0.338 e. The maximum atomic E-state index is 12.5. The van der Waals surface area contributed by atoms with Gasteiger partial charge in [0, 0.05) is 52.7 Å². The van der Waals surface area contributed by atoms with Crippen LogP contribution in [-0.2, 0) is 25.4 Å². The van der Waals surface area contributed by atoms with Gasteiger partial charge in [-0.1, -0.05) is 0 Å². The van der Waals surface area contributed by atoms with Crippen LogP contribution >= 0.6 is 0 Å². The van der Waals surface area contributed by atoms with Crippen LogP contribution in [0.4, 0.5) is 0 Å². The zero-order valence-corrected chi connectivity index (χ0v) is 15.9. The Kier molecular flexibility index (Phi) is 4.63. The molecule has 9 heteroatoms. The lowest BCUT2D eigenvalue weighted by atomic mass is 10.0. The Bertz CT molecular complexity index is 987. The average Bonchev–Trinajstić information content (AvgIpc) is 3.29. The fourth-order valence-electron chi connectivity index (χ4n) is 4.36. The molecule has 1 unspecified atom stereocenters. The summed E-state index contributed by atoms with van der Waals surface area (Å²) in [5.74, 6) is 0.284. The van der Waals surface area contributed by atoms with Crippen molar-refractivity contribution in [2.45, 2.75) is 38.3 Å². The predicted octanol–water partition coefficient (Wildman–Crippen LogP) is -0.479. The molecule has 0 aromatic carbocycles. The van der Waals surface area contributed by atoms with Gasteiger partial charge in [0.1, 0.15) is 0 Å². The highest BCUT2D eigenvalue weighted by Crippen LogP contribution is 2.21. The van der Waals surface area contributed by atoms with E-state index in [1.54, 1.807) is 13.4 Å². The maximum absolute atomic E-state index is 12.5. The van der Waals surface area contributed by atoms with Crippen molar-refractivity contribution in [1.82, 2.24) is 28.5 Å². The van der Waals surface area contributed by atoms with Crippen molar-refractivity contribution in [2.75, 3.05) is 26.2 Å². The Morgan fingerprint density at radius 3 is 2.63 bits per heavy atom. The van der Waals surface area contributed by atoms with Gasteiger partial charge in [-0.2, -0.15) is 0 Å². The molecule has 2 aromatic heterocycles. The SMILES string of the molecule is Cn1c(=O)c2c(ncn2CCN2CCCC(N3CCCC3=O)C2)n(C)c1=O. The molecule has 0 radical (unpaired) electrons. The number of likely N-dealkylation sites (tertiary alicyclic amines) is 2. The standard InChI is InChI=1S/C18H26N6O3/c1-20-16-15(17(26)21(2)18(20)27)23(12-19-16)10-9-22-7-3-5-13(11-22)24-8-4-6-14(24)25/h12-13H,3-11H2,1-2H3. The number of hydrogen-bond donors (Lipinski definition) is 0. The Morgan fingerprint density at radius 2 is 1.89 bits per heavy atom. The van der Waals surface area contributed by atoms with Crippen molar-refractivity contribution < 1.29 is 4.79 Å². The van der Waals surface area contributed by atoms with E-state index in [1.165, 1.54) is 11.6 Å². The van der Waals surface area contributed by atoms with Gasteiger partial charge < -0.3 is 9.47 Å². The van der Waals surface area contributed by atoms with Gasteiger partial charge in [-0.3, -0.25) is 23.6 Å². The van der Waals surface area contributed by atoms with Gasteiger partial charge in [-0.25, -0.2) is 9.78 Å².